The van der Waals surface area contributed by atoms with E-state index in [1.165, 1.54) is 252 Å². The van der Waals surface area contributed by atoms with Gasteiger partial charge in [-0.2, -0.15) is 0 Å². The van der Waals surface area contributed by atoms with Crippen LogP contribution in [0.3, 0.4) is 0 Å². The zero-order valence-electron chi connectivity index (χ0n) is 67.9. The van der Waals surface area contributed by atoms with E-state index in [4.69, 9.17) is 15.0 Å². The maximum Gasteiger partial charge on any atom is 0.0797 e. The van der Waals surface area contributed by atoms with Gasteiger partial charge in [-0.25, -0.2) is 15.0 Å². The quantitative estimate of drug-likeness (QED) is 0.130. The van der Waals surface area contributed by atoms with Crippen LogP contribution < -0.4 is 0 Å². The molecule has 6 bridgehead atoms. The summed E-state index contributed by atoms with van der Waals surface area (Å²) in [4.78, 5) is 16.8. The van der Waals surface area contributed by atoms with Crippen LogP contribution in [0.25, 0.3) is 185 Å². The van der Waals surface area contributed by atoms with Crippen molar-refractivity contribution in [1.82, 2.24) is 15.0 Å². The molecule has 27 rings (SSSR count). The maximum atomic E-state index is 5.69. The predicted octanol–water partition coefficient (Wildman–Crippen LogP) is 33.4. The number of fused-ring (bicyclic) bond motifs is 33. The summed E-state index contributed by atoms with van der Waals surface area (Å²) in [6.07, 6.45) is 8.86. The lowest BCUT2D eigenvalue weighted by Crippen LogP contribution is -2.11. The molecule has 0 N–H and O–H groups in total. The second kappa shape index (κ2) is 26.4. The fourth-order valence-corrected chi connectivity index (χ4v) is 24.7. The molecule has 18 aromatic carbocycles. The van der Waals surface area contributed by atoms with E-state index < -0.39 is 0 Å². The minimum Gasteiger partial charge on any atom is -0.247 e. The highest BCUT2D eigenvalue weighted by atomic mass is 79.9. The third-order valence-electron chi connectivity index (χ3n) is 29.1. The molecule has 2 fully saturated rings. The van der Waals surface area contributed by atoms with Crippen LogP contribution in [0.2, 0.25) is 0 Å². The molecule has 6 heteroatoms. The third-order valence-corrected chi connectivity index (χ3v) is 31.5. The summed E-state index contributed by atoms with van der Waals surface area (Å²) < 4.78 is 3.37. The second-order valence-electron chi connectivity index (χ2n) is 37.7. The van der Waals surface area contributed by atoms with Gasteiger partial charge in [0.1, 0.15) is 0 Å². The van der Waals surface area contributed by atoms with E-state index in [1.54, 1.807) is 11.1 Å². The van der Waals surface area contributed by atoms with Crippen molar-refractivity contribution in [2.75, 3.05) is 0 Å². The van der Waals surface area contributed by atoms with Crippen molar-refractivity contribution in [3.63, 3.8) is 0 Å². The molecule has 3 aromatic heterocycles. The fraction of sp³-hybridized carbons (Fsp3) is 0.184. The summed E-state index contributed by atoms with van der Waals surface area (Å²) in [5.41, 5.74) is 28.4. The molecule has 6 aliphatic rings. The number of aromatic nitrogens is 3. The molecule has 3 heterocycles. The van der Waals surface area contributed by atoms with E-state index in [0.29, 0.717) is 35.5 Å². The Kier molecular flexibility index (Phi) is 15.7. The lowest BCUT2D eigenvalue weighted by Gasteiger charge is -2.25. The monoisotopic (exact) mass is 1730 g/mol. The van der Waals surface area contributed by atoms with Gasteiger partial charge in [-0.15, -0.1) is 0 Å². The number of nitrogens with zero attached hydrogens (tertiary/aromatic N) is 3. The number of pyridine rings is 3. The minimum atomic E-state index is 0.101. The molecule has 0 radical (unpaired) electrons. The van der Waals surface area contributed by atoms with Crippen LogP contribution in [0.5, 0.6) is 0 Å². The first-order valence-electron chi connectivity index (χ1n) is 43.3. The van der Waals surface area contributed by atoms with Gasteiger partial charge in [0.05, 0.1) is 33.6 Å². The molecule has 120 heavy (non-hydrogen) atoms. The third kappa shape index (κ3) is 10.7. The Morgan fingerprint density at radius 3 is 1.26 bits per heavy atom. The van der Waals surface area contributed by atoms with Gasteiger partial charge < -0.3 is 0 Å². The highest BCUT2D eigenvalue weighted by molar-refractivity contribution is 9.13. The molecule has 0 amide bonds. The zero-order valence-corrected chi connectivity index (χ0v) is 72.7. The largest absolute Gasteiger partial charge is 0.247 e. The molecule has 3 nitrogen and oxygen atoms in total. The molecule has 0 saturated heterocycles. The lowest BCUT2D eigenvalue weighted by atomic mass is 9.80. The molecule has 21 aromatic rings. The van der Waals surface area contributed by atoms with Gasteiger partial charge in [-0.1, -0.05) is 294 Å². The summed E-state index contributed by atoms with van der Waals surface area (Å²) in [7, 11) is 0. The number of halogens is 3. The molecule has 0 aliphatic heterocycles. The summed E-state index contributed by atoms with van der Waals surface area (Å²) in [5, 5.41) is 30.5. The summed E-state index contributed by atoms with van der Waals surface area (Å²) in [6.45, 7) is 13.8. The maximum absolute atomic E-state index is 5.69. The Morgan fingerprint density at radius 1 is 0.258 bits per heavy atom. The van der Waals surface area contributed by atoms with Crippen LogP contribution in [0.1, 0.15) is 178 Å². The first kappa shape index (κ1) is 71.6. The van der Waals surface area contributed by atoms with Crippen LogP contribution in [0.4, 0.5) is 0 Å². The topological polar surface area (TPSA) is 38.7 Å². The molecule has 6 unspecified atom stereocenters. The van der Waals surface area contributed by atoms with Crippen molar-refractivity contribution in [1.29, 1.82) is 0 Å². The van der Waals surface area contributed by atoms with E-state index >= 15 is 0 Å². The Bertz CT molecular complexity index is 8000. The van der Waals surface area contributed by atoms with Gasteiger partial charge in [0.15, 0.2) is 0 Å². The van der Waals surface area contributed by atoms with Gasteiger partial charge in [0.25, 0.3) is 0 Å². The van der Waals surface area contributed by atoms with E-state index in [9.17, 15) is 0 Å². The van der Waals surface area contributed by atoms with E-state index in [2.05, 4.69) is 368 Å². The van der Waals surface area contributed by atoms with E-state index in [1.807, 2.05) is 0 Å². The average Bonchev–Trinajstić information content (AvgIpc) is 1.31. The summed E-state index contributed by atoms with van der Waals surface area (Å²) in [6, 6.07) is 104. The number of benzene rings is 18. The van der Waals surface area contributed by atoms with E-state index in [0.717, 1.165) is 36.6 Å². The van der Waals surface area contributed by atoms with Crippen molar-refractivity contribution in [3.05, 3.63) is 348 Å². The standard InChI is InChI=1S/C42H29N.C38H27Br2N.C34H28BrN/c1-3-13-30-25(9-1)11-7-17-32(30)27-21-22-34-37(24-27)33-15-5-6-16-36(33)42-40(34)38-28-19-20-29(23-28)39(38)41(43-42)35-18-8-12-26-10-2-4-14-31(26)35;1-38(2,3)23-13-20-9-10-22-15-29-34-27-16-28(26-18-31(40)30(39)17-25(26)27)35(34)36(19-7-5-4-6-8-19)41-37(29)24-12-11-21(14-23)32(20)33(22)24;1-34(2,3)24-15-21-6-7-23-17-27-30-19-4-5-20(14-19)31(30)32(18-8-11-25(35)12-9-18)36-33(27)26-13-10-22(16-24)28(21)29(23)26/h1-18,21-22,24,28-29H,19-20,23H2;4-15,17-18,27-28H,16H2,1-3H3;6-13,15-17,19-20H,4-5,14H2,1-3H3. The number of hydrogen-bond donors (Lipinski definition) is 0. The van der Waals surface area contributed by atoms with Crippen LogP contribution in [-0.2, 0) is 10.8 Å². The Balaban J connectivity index is 0.000000100. The van der Waals surface area contributed by atoms with Crippen molar-refractivity contribution in [2.45, 2.75) is 133 Å². The van der Waals surface area contributed by atoms with Gasteiger partial charge in [0.2, 0.25) is 0 Å². The van der Waals surface area contributed by atoms with Gasteiger partial charge >= 0.3 is 0 Å². The zero-order chi connectivity index (χ0) is 80.2. The molecule has 0 spiro atoms. The van der Waals surface area contributed by atoms with Crippen LogP contribution in [-0.4, -0.2) is 15.0 Å². The second-order valence-corrected chi connectivity index (χ2v) is 40.3. The Morgan fingerprint density at radius 2 is 0.683 bits per heavy atom. The lowest BCUT2D eigenvalue weighted by molar-refractivity contribution is 0.591. The first-order valence-corrected chi connectivity index (χ1v) is 45.6. The minimum absolute atomic E-state index is 0.101. The number of rotatable bonds is 4. The van der Waals surface area contributed by atoms with Crippen molar-refractivity contribution in [2.24, 2.45) is 0 Å². The number of hydrogen-bond acceptors (Lipinski definition) is 3. The van der Waals surface area contributed by atoms with E-state index in [-0.39, 0.29) is 10.8 Å². The molecule has 576 valence electrons. The van der Waals surface area contributed by atoms with Gasteiger partial charge in [-0.3, -0.25) is 0 Å². The fourth-order valence-electron chi connectivity index (χ4n) is 23.7. The van der Waals surface area contributed by atoms with Crippen molar-refractivity contribution >= 4 is 188 Å². The normalized spacial score (nSPS) is 18.1. The van der Waals surface area contributed by atoms with Crippen molar-refractivity contribution < 1.29 is 0 Å². The highest BCUT2D eigenvalue weighted by Crippen LogP contribution is 2.64. The molecular weight excluding hydrogens is 1650 g/mol. The van der Waals surface area contributed by atoms with Gasteiger partial charge in [-0.05, 0) is 312 Å². The first-order chi connectivity index (χ1) is 58.5. The Hall–Kier alpha value is -11.3. The molecule has 6 atom stereocenters. The Labute approximate surface area is 723 Å². The average molecular weight is 1740 g/mol. The summed E-state index contributed by atoms with van der Waals surface area (Å²) >= 11 is 11.2. The van der Waals surface area contributed by atoms with Crippen LogP contribution in [0, 0.1) is 0 Å². The van der Waals surface area contributed by atoms with Crippen LogP contribution >= 0.6 is 47.8 Å². The van der Waals surface area contributed by atoms with Crippen LogP contribution in [0.15, 0.2) is 292 Å². The molecule has 6 aliphatic carbocycles. The molecular formula is C114H84Br3N3. The smallest absolute Gasteiger partial charge is 0.0797 e. The van der Waals surface area contributed by atoms with Crippen molar-refractivity contribution in [3.8, 4) is 44.9 Å². The SMILES string of the molecule is CC(C)(C)c1cc2ccc3cc4c5c(c(-c6ccc(Br)cc6)nc4c4ccc(c1)c2c34)C1CCC5C1.CC(C)(C)c1cc2ccc3cc4c5c(c(-c6ccccc6)nc4c4ccc(c1)c2c34)C1CC5c2cc(Br)c(Br)cc21.c1ccc2c(-c3ccc4c(c3)c3ccccc3c3nc(-c5cccc6ccccc56)c5c(c43)C3CCC5C3)cccc2c1. The predicted molar refractivity (Wildman–Crippen MR) is 518 cm³/mol. The highest BCUT2D eigenvalue weighted by Gasteiger charge is 2.47. The summed E-state index contributed by atoms with van der Waals surface area (Å²) in [5.74, 6) is 3.28. The molecule has 2 saturated carbocycles. The van der Waals surface area contributed by atoms with Gasteiger partial charge in [0, 0.05) is 74.3 Å².